The first-order valence-electron chi connectivity index (χ1n) is 7.49. The average molecular weight is 312 g/mol. The molecule has 3 N–H and O–H groups in total. The molecule has 2 unspecified atom stereocenters. The molecule has 2 rings (SSSR count). The molecule has 1 aromatic carbocycles. The van der Waals surface area contributed by atoms with E-state index in [1.165, 1.54) is 18.2 Å². The molecule has 122 valence electrons. The standard InChI is InChI=1S/C16H22F2N2O2/c1-10(8-21)11(2)20-15(22)19-9-16(6-7-16)14-12(17)4-3-5-13(14)18/h3-5,10-11,21H,6-9H2,1-2H3,(H2,19,20,22). The molecular weight excluding hydrogens is 290 g/mol. The maximum absolute atomic E-state index is 13.9. The van der Waals surface area contributed by atoms with Crippen LogP contribution in [0.15, 0.2) is 18.2 Å². The monoisotopic (exact) mass is 312 g/mol. The fourth-order valence-electron chi connectivity index (χ4n) is 2.48. The van der Waals surface area contributed by atoms with Gasteiger partial charge in [0.15, 0.2) is 0 Å². The van der Waals surface area contributed by atoms with Crippen LogP contribution in [-0.2, 0) is 5.41 Å². The minimum atomic E-state index is -0.640. The third-order valence-corrected chi connectivity index (χ3v) is 4.43. The van der Waals surface area contributed by atoms with E-state index < -0.39 is 23.1 Å². The zero-order chi connectivity index (χ0) is 16.3. The Morgan fingerprint density at radius 3 is 2.41 bits per heavy atom. The Hall–Kier alpha value is -1.69. The molecule has 1 aliphatic carbocycles. The molecule has 0 heterocycles. The van der Waals surface area contributed by atoms with Crippen molar-refractivity contribution in [3.8, 4) is 0 Å². The van der Waals surface area contributed by atoms with E-state index in [1.807, 2.05) is 6.92 Å². The SMILES string of the molecule is CC(CO)C(C)NC(=O)NCC1(c2c(F)cccc2F)CC1. The molecule has 6 heteroatoms. The number of urea groups is 1. The van der Waals surface area contributed by atoms with Crippen molar-refractivity contribution in [1.82, 2.24) is 10.6 Å². The van der Waals surface area contributed by atoms with E-state index in [9.17, 15) is 13.6 Å². The minimum Gasteiger partial charge on any atom is -0.396 e. The van der Waals surface area contributed by atoms with Crippen LogP contribution in [0.3, 0.4) is 0 Å². The van der Waals surface area contributed by atoms with Gasteiger partial charge in [0.2, 0.25) is 0 Å². The van der Waals surface area contributed by atoms with Crippen LogP contribution >= 0.6 is 0 Å². The number of aliphatic hydroxyl groups excluding tert-OH is 1. The number of carbonyl (C=O) groups is 1. The molecule has 2 amide bonds. The molecule has 22 heavy (non-hydrogen) atoms. The van der Waals surface area contributed by atoms with Crippen molar-refractivity contribution in [2.45, 2.75) is 38.1 Å². The lowest BCUT2D eigenvalue weighted by atomic mass is 9.94. The highest BCUT2D eigenvalue weighted by Gasteiger charge is 2.48. The lowest BCUT2D eigenvalue weighted by Gasteiger charge is -2.22. The van der Waals surface area contributed by atoms with E-state index in [1.54, 1.807) is 6.92 Å². The van der Waals surface area contributed by atoms with Gasteiger partial charge in [-0.2, -0.15) is 0 Å². The first-order chi connectivity index (χ1) is 10.4. The third-order valence-electron chi connectivity index (χ3n) is 4.43. The second-order valence-electron chi connectivity index (χ2n) is 6.15. The van der Waals surface area contributed by atoms with Crippen LogP contribution in [0.1, 0.15) is 32.3 Å². The molecule has 0 saturated heterocycles. The van der Waals surface area contributed by atoms with Crippen molar-refractivity contribution in [2.24, 2.45) is 5.92 Å². The number of benzene rings is 1. The zero-order valence-electron chi connectivity index (χ0n) is 12.8. The number of rotatable bonds is 6. The largest absolute Gasteiger partial charge is 0.396 e. The van der Waals surface area contributed by atoms with Gasteiger partial charge in [-0.05, 0) is 37.8 Å². The maximum Gasteiger partial charge on any atom is 0.315 e. The Balaban J connectivity index is 1.95. The quantitative estimate of drug-likeness (QED) is 0.755. The summed E-state index contributed by atoms with van der Waals surface area (Å²) >= 11 is 0. The van der Waals surface area contributed by atoms with Crippen molar-refractivity contribution in [1.29, 1.82) is 0 Å². The summed E-state index contributed by atoms with van der Waals surface area (Å²) in [5.74, 6) is -1.20. The number of hydrogen-bond acceptors (Lipinski definition) is 2. The van der Waals surface area contributed by atoms with Gasteiger partial charge in [0.1, 0.15) is 11.6 Å². The van der Waals surface area contributed by atoms with E-state index in [0.29, 0.717) is 12.8 Å². The predicted molar refractivity (Wildman–Crippen MR) is 79.5 cm³/mol. The minimum absolute atomic E-state index is 0.0220. The zero-order valence-corrected chi connectivity index (χ0v) is 12.8. The molecule has 4 nitrogen and oxygen atoms in total. The van der Waals surface area contributed by atoms with E-state index in [2.05, 4.69) is 10.6 Å². The van der Waals surface area contributed by atoms with Crippen molar-refractivity contribution >= 4 is 6.03 Å². The Kier molecular flexibility index (Phi) is 5.01. The smallest absolute Gasteiger partial charge is 0.315 e. The number of amides is 2. The number of halogens is 2. The normalized spacial score (nSPS) is 18.4. The van der Waals surface area contributed by atoms with Gasteiger partial charge in [-0.1, -0.05) is 13.0 Å². The van der Waals surface area contributed by atoms with Crippen LogP contribution in [0, 0.1) is 17.6 Å². The summed E-state index contributed by atoms with van der Waals surface area (Å²) in [7, 11) is 0. The molecular formula is C16H22F2N2O2. The van der Waals surface area contributed by atoms with Gasteiger partial charge in [0.05, 0.1) is 0 Å². The third kappa shape index (κ3) is 3.55. The summed E-state index contributed by atoms with van der Waals surface area (Å²) in [4.78, 5) is 11.9. The van der Waals surface area contributed by atoms with Gasteiger partial charge in [-0.25, -0.2) is 13.6 Å². The summed E-state index contributed by atoms with van der Waals surface area (Å²) in [5.41, 5.74) is -0.578. The van der Waals surface area contributed by atoms with Crippen LogP contribution in [0.2, 0.25) is 0 Å². The summed E-state index contributed by atoms with van der Waals surface area (Å²) in [6, 6.07) is 3.23. The Labute approximate surface area is 128 Å². The topological polar surface area (TPSA) is 61.4 Å². The van der Waals surface area contributed by atoms with Gasteiger partial charge < -0.3 is 15.7 Å². The average Bonchev–Trinajstić information content (AvgIpc) is 3.25. The van der Waals surface area contributed by atoms with Gasteiger partial charge in [-0.3, -0.25) is 0 Å². The van der Waals surface area contributed by atoms with Crippen molar-refractivity contribution in [3.05, 3.63) is 35.4 Å². The van der Waals surface area contributed by atoms with Crippen LogP contribution in [-0.4, -0.2) is 30.3 Å². The van der Waals surface area contributed by atoms with E-state index >= 15 is 0 Å². The van der Waals surface area contributed by atoms with Crippen LogP contribution in [0.4, 0.5) is 13.6 Å². The second-order valence-corrected chi connectivity index (χ2v) is 6.15. The van der Waals surface area contributed by atoms with Crippen LogP contribution in [0.25, 0.3) is 0 Å². The fourth-order valence-corrected chi connectivity index (χ4v) is 2.48. The van der Waals surface area contributed by atoms with Crippen molar-refractivity contribution in [3.63, 3.8) is 0 Å². The van der Waals surface area contributed by atoms with Crippen LogP contribution < -0.4 is 10.6 Å². The molecule has 0 aliphatic heterocycles. The first-order valence-corrected chi connectivity index (χ1v) is 7.49. The second kappa shape index (κ2) is 6.60. The fraction of sp³-hybridized carbons (Fsp3) is 0.562. The molecule has 0 spiro atoms. The van der Waals surface area contributed by atoms with Gasteiger partial charge in [-0.15, -0.1) is 0 Å². The van der Waals surface area contributed by atoms with Crippen molar-refractivity contribution < 1.29 is 18.7 Å². The van der Waals surface area contributed by atoms with Crippen LogP contribution in [0.5, 0.6) is 0 Å². The van der Waals surface area contributed by atoms with Gasteiger partial charge in [0.25, 0.3) is 0 Å². The predicted octanol–water partition coefficient (Wildman–Crippen LogP) is 2.31. The summed E-state index contributed by atoms with van der Waals surface area (Å²) in [5, 5.41) is 14.4. The Morgan fingerprint density at radius 1 is 1.32 bits per heavy atom. The molecule has 0 radical (unpaired) electrons. The lowest BCUT2D eigenvalue weighted by Crippen LogP contribution is -2.46. The van der Waals surface area contributed by atoms with Crippen molar-refractivity contribution in [2.75, 3.05) is 13.2 Å². The number of carbonyl (C=O) groups excluding carboxylic acids is 1. The molecule has 1 fully saturated rings. The van der Waals surface area contributed by atoms with Gasteiger partial charge in [0, 0.05) is 30.2 Å². The highest BCUT2D eigenvalue weighted by Crippen LogP contribution is 2.49. The summed E-state index contributed by atoms with van der Waals surface area (Å²) < 4.78 is 27.8. The highest BCUT2D eigenvalue weighted by molar-refractivity contribution is 5.74. The number of hydrogen-bond donors (Lipinski definition) is 3. The number of nitrogens with one attached hydrogen (secondary N) is 2. The molecule has 2 atom stereocenters. The maximum atomic E-state index is 13.9. The van der Waals surface area contributed by atoms with E-state index in [4.69, 9.17) is 5.11 Å². The molecule has 0 aromatic heterocycles. The molecule has 0 bridgehead atoms. The van der Waals surface area contributed by atoms with E-state index in [-0.39, 0.29) is 30.7 Å². The Bertz CT molecular complexity index is 527. The number of aliphatic hydroxyl groups is 1. The highest BCUT2D eigenvalue weighted by atomic mass is 19.1. The molecule has 1 aromatic rings. The van der Waals surface area contributed by atoms with E-state index in [0.717, 1.165) is 0 Å². The molecule has 1 saturated carbocycles. The first kappa shape index (κ1) is 16.7. The molecule has 1 aliphatic rings. The summed E-state index contributed by atoms with van der Waals surface area (Å²) in [6.45, 7) is 3.79. The van der Waals surface area contributed by atoms with Gasteiger partial charge >= 0.3 is 6.03 Å². The Morgan fingerprint density at radius 2 is 1.91 bits per heavy atom. The summed E-state index contributed by atoms with van der Waals surface area (Å²) in [6.07, 6.45) is 1.29. The lowest BCUT2D eigenvalue weighted by molar-refractivity contribution is 0.200.